The first kappa shape index (κ1) is 19.2. The monoisotopic (exact) mass is 348 g/mol. The number of carbonyl (C=O) groups is 2. The van der Waals surface area contributed by atoms with Gasteiger partial charge in [-0.15, -0.1) is 0 Å². The zero-order valence-corrected chi connectivity index (χ0v) is 15.4. The van der Waals surface area contributed by atoms with Crippen LogP contribution in [0.2, 0.25) is 0 Å². The third-order valence-corrected chi connectivity index (χ3v) is 4.70. The third kappa shape index (κ3) is 4.92. The number of likely N-dealkylation sites (N-methyl/N-ethyl adjacent to an activating group) is 1. The van der Waals surface area contributed by atoms with Crippen LogP contribution in [0.4, 0.5) is 0 Å². The molecule has 1 aromatic rings. The highest BCUT2D eigenvalue weighted by molar-refractivity contribution is 5.94. The minimum atomic E-state index is -0.188. The van der Waals surface area contributed by atoms with E-state index in [1.54, 1.807) is 24.2 Å². The summed E-state index contributed by atoms with van der Waals surface area (Å²) < 4.78 is 1.44. The fraction of sp³-hybridized carbons (Fsp3) is 0.611. The van der Waals surface area contributed by atoms with Gasteiger partial charge in [0.25, 0.3) is 11.5 Å². The first-order valence-electron chi connectivity index (χ1n) is 8.92. The molecule has 0 aromatic carbocycles. The maximum atomic E-state index is 12.6. The number of hydrogen-bond donors (Lipinski definition) is 0. The third-order valence-electron chi connectivity index (χ3n) is 4.70. The molecule has 0 unspecified atom stereocenters. The van der Waals surface area contributed by atoms with Crippen LogP contribution in [0.25, 0.3) is 0 Å². The van der Waals surface area contributed by atoms with Gasteiger partial charge in [0.05, 0.1) is 6.54 Å². The van der Waals surface area contributed by atoms with Crippen molar-refractivity contribution >= 4 is 11.8 Å². The lowest BCUT2D eigenvalue weighted by Gasteiger charge is -2.25. The summed E-state index contributed by atoms with van der Waals surface area (Å²) in [5, 5.41) is 0. The second-order valence-electron chi connectivity index (χ2n) is 6.35. The van der Waals surface area contributed by atoms with Gasteiger partial charge in [-0.2, -0.15) is 0 Å². The molecule has 1 aliphatic rings. The molecule has 7 heteroatoms. The van der Waals surface area contributed by atoms with E-state index >= 15 is 0 Å². The molecular weight excluding hydrogens is 320 g/mol. The largest absolute Gasteiger partial charge is 0.342 e. The van der Waals surface area contributed by atoms with E-state index < -0.39 is 0 Å². The zero-order chi connectivity index (χ0) is 18.4. The molecular formula is C18H28N4O3. The minimum Gasteiger partial charge on any atom is -0.342 e. The molecule has 2 amide bonds. The molecule has 0 radical (unpaired) electrons. The Kier molecular flexibility index (Phi) is 6.75. The van der Waals surface area contributed by atoms with Crippen molar-refractivity contribution in [1.29, 1.82) is 0 Å². The Bertz CT molecular complexity index is 667. The van der Waals surface area contributed by atoms with Gasteiger partial charge in [-0.05, 0) is 26.3 Å². The second kappa shape index (κ2) is 8.80. The average molecular weight is 348 g/mol. The molecule has 7 nitrogen and oxygen atoms in total. The normalized spacial score (nSPS) is 15.7. The SMILES string of the molecule is CCN(CC)C(=O)CN1CCCN(C(=O)c2ccn(C)c(=O)c2)CC1. The highest BCUT2D eigenvalue weighted by Gasteiger charge is 2.22. The molecule has 138 valence electrons. The van der Waals surface area contributed by atoms with Crippen molar-refractivity contribution in [2.75, 3.05) is 45.8 Å². The molecule has 0 aliphatic carbocycles. The van der Waals surface area contributed by atoms with Crippen LogP contribution in [0.1, 0.15) is 30.6 Å². The van der Waals surface area contributed by atoms with E-state index in [9.17, 15) is 14.4 Å². The summed E-state index contributed by atoms with van der Waals surface area (Å²) in [5.74, 6) is 0.0194. The van der Waals surface area contributed by atoms with Crippen molar-refractivity contribution in [1.82, 2.24) is 19.3 Å². The Balaban J connectivity index is 1.96. The quantitative estimate of drug-likeness (QED) is 0.773. The lowest BCUT2D eigenvalue weighted by atomic mass is 10.2. The molecule has 0 N–H and O–H groups in total. The number of aromatic nitrogens is 1. The highest BCUT2D eigenvalue weighted by Crippen LogP contribution is 2.08. The van der Waals surface area contributed by atoms with Crippen molar-refractivity contribution in [3.8, 4) is 0 Å². The number of aryl methyl sites for hydroxylation is 1. The van der Waals surface area contributed by atoms with Gasteiger partial charge in [0.2, 0.25) is 5.91 Å². The van der Waals surface area contributed by atoms with Gasteiger partial charge in [-0.3, -0.25) is 19.3 Å². The van der Waals surface area contributed by atoms with Gasteiger partial charge in [-0.25, -0.2) is 0 Å². The Hall–Kier alpha value is -2.15. The molecule has 1 fully saturated rings. The van der Waals surface area contributed by atoms with Crippen LogP contribution in [0.5, 0.6) is 0 Å². The topological polar surface area (TPSA) is 65.9 Å². The van der Waals surface area contributed by atoms with Crippen molar-refractivity contribution in [2.24, 2.45) is 7.05 Å². The van der Waals surface area contributed by atoms with Crippen LogP contribution in [-0.4, -0.2) is 76.9 Å². The van der Waals surface area contributed by atoms with E-state index in [1.807, 2.05) is 18.7 Å². The molecule has 2 rings (SSSR count). The predicted molar refractivity (Wildman–Crippen MR) is 96.6 cm³/mol. The second-order valence-corrected chi connectivity index (χ2v) is 6.35. The number of rotatable bonds is 5. The fourth-order valence-corrected chi connectivity index (χ4v) is 3.06. The summed E-state index contributed by atoms with van der Waals surface area (Å²) in [6.45, 7) is 8.48. The molecule has 25 heavy (non-hydrogen) atoms. The Morgan fingerprint density at radius 1 is 1.12 bits per heavy atom. The maximum Gasteiger partial charge on any atom is 0.254 e. The summed E-state index contributed by atoms with van der Waals surface area (Å²) >= 11 is 0. The fourth-order valence-electron chi connectivity index (χ4n) is 3.06. The van der Waals surface area contributed by atoms with Crippen LogP contribution in [0, 0.1) is 0 Å². The zero-order valence-electron chi connectivity index (χ0n) is 15.4. The van der Waals surface area contributed by atoms with E-state index in [2.05, 4.69) is 4.90 Å². The Morgan fingerprint density at radius 3 is 2.48 bits per heavy atom. The lowest BCUT2D eigenvalue weighted by molar-refractivity contribution is -0.132. The van der Waals surface area contributed by atoms with Gasteiger partial charge in [-0.1, -0.05) is 0 Å². The molecule has 2 heterocycles. The Labute approximate surface area is 148 Å². The minimum absolute atomic E-state index is 0.116. The van der Waals surface area contributed by atoms with Gasteiger partial charge < -0.3 is 14.4 Å². The highest BCUT2D eigenvalue weighted by atomic mass is 16.2. The van der Waals surface area contributed by atoms with Crippen molar-refractivity contribution in [3.05, 3.63) is 34.2 Å². The number of carbonyl (C=O) groups excluding carboxylic acids is 2. The number of amides is 2. The first-order valence-corrected chi connectivity index (χ1v) is 8.92. The van der Waals surface area contributed by atoms with Gasteiger partial charge in [0.15, 0.2) is 0 Å². The van der Waals surface area contributed by atoms with Gasteiger partial charge >= 0.3 is 0 Å². The summed E-state index contributed by atoms with van der Waals surface area (Å²) in [6, 6.07) is 3.06. The first-order chi connectivity index (χ1) is 12.0. The van der Waals surface area contributed by atoms with Gasteiger partial charge in [0.1, 0.15) is 0 Å². The van der Waals surface area contributed by atoms with E-state index in [0.717, 1.165) is 26.1 Å². The van der Waals surface area contributed by atoms with Gasteiger partial charge in [0, 0.05) is 64.1 Å². The van der Waals surface area contributed by atoms with Crippen LogP contribution in [-0.2, 0) is 11.8 Å². The summed E-state index contributed by atoms with van der Waals surface area (Å²) in [7, 11) is 1.66. The number of pyridine rings is 1. The van der Waals surface area contributed by atoms with Crippen molar-refractivity contribution in [2.45, 2.75) is 20.3 Å². The number of nitrogens with zero attached hydrogens (tertiary/aromatic N) is 4. The van der Waals surface area contributed by atoms with E-state index in [4.69, 9.17) is 0 Å². The lowest BCUT2D eigenvalue weighted by Crippen LogP contribution is -2.42. The van der Waals surface area contributed by atoms with Crippen LogP contribution < -0.4 is 5.56 Å². The predicted octanol–water partition coefficient (Wildman–Crippen LogP) is 0.402. The molecule has 0 spiro atoms. The Morgan fingerprint density at radius 2 is 1.84 bits per heavy atom. The van der Waals surface area contributed by atoms with E-state index in [0.29, 0.717) is 31.7 Å². The summed E-state index contributed by atoms with van der Waals surface area (Å²) in [4.78, 5) is 42.3. The molecule has 1 saturated heterocycles. The van der Waals surface area contributed by atoms with Crippen LogP contribution >= 0.6 is 0 Å². The average Bonchev–Trinajstić information content (AvgIpc) is 2.83. The smallest absolute Gasteiger partial charge is 0.254 e. The summed E-state index contributed by atoms with van der Waals surface area (Å²) in [5.41, 5.74) is 0.239. The van der Waals surface area contributed by atoms with Crippen molar-refractivity contribution in [3.63, 3.8) is 0 Å². The molecule has 0 atom stereocenters. The molecule has 0 bridgehead atoms. The van der Waals surface area contributed by atoms with Crippen molar-refractivity contribution < 1.29 is 9.59 Å². The van der Waals surface area contributed by atoms with Crippen LogP contribution in [0.15, 0.2) is 23.1 Å². The van der Waals surface area contributed by atoms with Crippen LogP contribution in [0.3, 0.4) is 0 Å². The molecule has 0 saturated carbocycles. The summed E-state index contributed by atoms with van der Waals surface area (Å²) in [6.07, 6.45) is 2.44. The van der Waals surface area contributed by atoms with E-state index in [-0.39, 0.29) is 17.4 Å². The van der Waals surface area contributed by atoms with E-state index in [1.165, 1.54) is 10.6 Å². The molecule has 1 aromatic heterocycles. The molecule has 1 aliphatic heterocycles. The standard InChI is InChI=1S/C18H28N4O3/c1-4-21(5-2)17(24)14-20-8-6-9-22(12-11-20)18(25)15-7-10-19(3)16(23)13-15/h7,10,13H,4-6,8-9,11-12,14H2,1-3H3. The number of hydrogen-bond acceptors (Lipinski definition) is 4. The maximum absolute atomic E-state index is 12.6.